The average molecular weight is 668 g/mol. The predicted molar refractivity (Wildman–Crippen MR) is 208 cm³/mol. The molecule has 0 radical (unpaired) electrons. The van der Waals surface area contributed by atoms with Crippen LogP contribution in [-0.2, 0) is 0 Å². The Labute approximate surface area is 299 Å². The molecule has 0 saturated carbocycles. The summed E-state index contributed by atoms with van der Waals surface area (Å²) in [5.41, 5.74) is 10.7. The quantitative estimate of drug-likeness (QED) is 0.176. The first kappa shape index (κ1) is 29.6. The van der Waals surface area contributed by atoms with Crippen LogP contribution in [0, 0.1) is 0 Å². The number of hydrogen-bond donors (Lipinski definition) is 0. The maximum atomic E-state index is 5.27. The van der Waals surface area contributed by atoms with Crippen LogP contribution in [0.15, 0.2) is 176 Å². The topological polar surface area (TPSA) is 74.3 Å². The molecule has 7 aromatic carbocycles. The van der Waals surface area contributed by atoms with Crippen LogP contribution in [0.1, 0.15) is 0 Å². The summed E-state index contributed by atoms with van der Waals surface area (Å²) in [5, 5.41) is 11.4. The number of para-hydroxylation sites is 2. The molecule has 0 fully saturated rings. The second-order valence-corrected chi connectivity index (χ2v) is 12.7. The third-order valence-electron chi connectivity index (χ3n) is 9.52. The van der Waals surface area contributed by atoms with Crippen LogP contribution in [0.5, 0.6) is 0 Å². The van der Waals surface area contributed by atoms with Crippen molar-refractivity contribution in [1.29, 1.82) is 0 Å². The third-order valence-corrected chi connectivity index (χ3v) is 9.52. The number of benzene rings is 7. The second kappa shape index (κ2) is 12.3. The second-order valence-electron chi connectivity index (χ2n) is 12.7. The van der Waals surface area contributed by atoms with Crippen molar-refractivity contribution in [3.8, 4) is 56.7 Å². The molecule has 0 saturated heterocycles. The van der Waals surface area contributed by atoms with Gasteiger partial charge in [0, 0.05) is 21.9 Å². The Bertz CT molecular complexity index is 2790. The van der Waals surface area contributed by atoms with E-state index in [4.69, 9.17) is 15.0 Å². The van der Waals surface area contributed by atoms with Crippen molar-refractivity contribution >= 4 is 32.8 Å². The van der Waals surface area contributed by atoms with Crippen molar-refractivity contribution in [1.82, 2.24) is 34.5 Å². The fraction of sp³-hybridized carbons (Fsp3) is 0. The van der Waals surface area contributed by atoms with Crippen LogP contribution in [0.25, 0.3) is 89.5 Å². The maximum absolute atomic E-state index is 5.27. The first-order chi connectivity index (χ1) is 25.8. The predicted octanol–water partition coefficient (Wildman–Crippen LogP) is 10.4. The van der Waals surface area contributed by atoms with Crippen LogP contribution >= 0.6 is 0 Å². The van der Waals surface area contributed by atoms with Crippen molar-refractivity contribution in [2.24, 2.45) is 0 Å². The first-order valence-corrected chi connectivity index (χ1v) is 17.2. The van der Waals surface area contributed by atoms with E-state index in [0.29, 0.717) is 17.6 Å². The Hall–Kier alpha value is -7.25. The highest BCUT2D eigenvalue weighted by Crippen LogP contribution is 2.37. The third kappa shape index (κ3) is 5.03. The summed E-state index contributed by atoms with van der Waals surface area (Å²) < 4.78 is 4.05. The minimum atomic E-state index is 0.509. The van der Waals surface area contributed by atoms with E-state index in [9.17, 15) is 0 Å². The van der Waals surface area contributed by atoms with Crippen LogP contribution in [0.2, 0.25) is 0 Å². The SMILES string of the molecule is c1ccc(-c2cccc(-c3nc(-c4cccc(-c5ccccc5)c4)nc(-n4c5ccccc5c5ccc6nnn(-c7ccccc7)c6c54)n3)c2)cc1. The number of hydrogen-bond acceptors (Lipinski definition) is 5. The van der Waals surface area contributed by atoms with E-state index in [2.05, 4.69) is 142 Å². The summed E-state index contributed by atoms with van der Waals surface area (Å²) in [4.78, 5) is 15.7. The Morgan fingerprint density at radius 2 is 0.923 bits per heavy atom. The minimum Gasteiger partial charge on any atom is -0.276 e. The zero-order valence-electron chi connectivity index (χ0n) is 27.9. The number of nitrogens with zero attached hydrogens (tertiary/aromatic N) is 7. The van der Waals surface area contributed by atoms with Gasteiger partial charge < -0.3 is 0 Å². The van der Waals surface area contributed by atoms with Gasteiger partial charge in [0.25, 0.3) is 0 Å². The molecule has 3 aromatic heterocycles. The summed E-state index contributed by atoms with van der Waals surface area (Å²) in [6.45, 7) is 0. The largest absolute Gasteiger partial charge is 0.276 e. The Kier molecular flexibility index (Phi) is 6.99. The molecule has 0 aliphatic heterocycles. The minimum absolute atomic E-state index is 0.509. The van der Waals surface area contributed by atoms with E-state index in [0.717, 1.165) is 71.9 Å². The molecule has 10 rings (SSSR count). The van der Waals surface area contributed by atoms with Gasteiger partial charge >= 0.3 is 0 Å². The van der Waals surface area contributed by atoms with Crippen molar-refractivity contribution < 1.29 is 0 Å². The van der Waals surface area contributed by atoms with Gasteiger partial charge in [-0.2, -0.15) is 9.97 Å². The zero-order valence-corrected chi connectivity index (χ0v) is 27.9. The van der Waals surface area contributed by atoms with Crippen LogP contribution < -0.4 is 0 Å². The van der Waals surface area contributed by atoms with Gasteiger partial charge in [0.2, 0.25) is 5.95 Å². The highest BCUT2D eigenvalue weighted by atomic mass is 15.4. The lowest BCUT2D eigenvalue weighted by Gasteiger charge is -2.13. The average Bonchev–Trinajstić information content (AvgIpc) is 3.81. The van der Waals surface area contributed by atoms with Crippen LogP contribution in [-0.4, -0.2) is 34.5 Å². The number of aromatic nitrogens is 7. The van der Waals surface area contributed by atoms with Crippen LogP contribution in [0.4, 0.5) is 0 Å². The fourth-order valence-electron chi connectivity index (χ4n) is 7.07. The summed E-state index contributed by atoms with van der Waals surface area (Å²) in [6, 6.07) is 60.2. The summed E-state index contributed by atoms with van der Waals surface area (Å²) >= 11 is 0. The zero-order chi connectivity index (χ0) is 34.4. The van der Waals surface area contributed by atoms with Gasteiger partial charge in [0.05, 0.1) is 16.7 Å². The fourth-order valence-corrected chi connectivity index (χ4v) is 7.07. The van der Waals surface area contributed by atoms with Gasteiger partial charge in [-0.15, -0.1) is 5.10 Å². The monoisotopic (exact) mass is 667 g/mol. The normalized spacial score (nSPS) is 11.5. The molecule has 7 heteroatoms. The van der Waals surface area contributed by atoms with Crippen molar-refractivity contribution in [3.63, 3.8) is 0 Å². The molecule has 7 nitrogen and oxygen atoms in total. The molecule has 0 bridgehead atoms. The highest BCUT2D eigenvalue weighted by molar-refractivity contribution is 6.17. The molecule has 0 N–H and O–H groups in total. The Morgan fingerprint density at radius 3 is 1.56 bits per heavy atom. The lowest BCUT2D eigenvalue weighted by molar-refractivity contribution is 0.824. The first-order valence-electron chi connectivity index (χ1n) is 17.2. The molecular weight excluding hydrogens is 639 g/mol. The van der Waals surface area contributed by atoms with E-state index >= 15 is 0 Å². The summed E-state index contributed by atoms with van der Waals surface area (Å²) in [7, 11) is 0. The van der Waals surface area contributed by atoms with Crippen molar-refractivity contribution in [3.05, 3.63) is 176 Å². The number of rotatable bonds is 6. The molecule has 52 heavy (non-hydrogen) atoms. The molecule has 0 amide bonds. The van der Waals surface area contributed by atoms with Gasteiger partial charge in [-0.1, -0.05) is 139 Å². The molecule has 3 heterocycles. The molecule has 10 aromatic rings. The molecular formula is C45H29N7. The van der Waals surface area contributed by atoms with E-state index in [-0.39, 0.29) is 0 Å². The van der Waals surface area contributed by atoms with Gasteiger partial charge in [-0.25, -0.2) is 9.67 Å². The molecule has 0 spiro atoms. The highest BCUT2D eigenvalue weighted by Gasteiger charge is 2.22. The molecule has 0 atom stereocenters. The lowest BCUT2D eigenvalue weighted by Crippen LogP contribution is -2.07. The number of fused-ring (bicyclic) bond motifs is 5. The maximum Gasteiger partial charge on any atom is 0.238 e. The molecule has 244 valence electrons. The van der Waals surface area contributed by atoms with Gasteiger partial charge in [0.1, 0.15) is 11.0 Å². The van der Waals surface area contributed by atoms with Gasteiger partial charge in [-0.05, 0) is 64.7 Å². The van der Waals surface area contributed by atoms with Gasteiger partial charge in [-0.3, -0.25) is 4.57 Å². The van der Waals surface area contributed by atoms with Gasteiger partial charge in [0.15, 0.2) is 11.6 Å². The molecule has 0 aliphatic carbocycles. The molecule has 0 aliphatic rings. The smallest absolute Gasteiger partial charge is 0.238 e. The van der Waals surface area contributed by atoms with Crippen molar-refractivity contribution in [2.75, 3.05) is 0 Å². The van der Waals surface area contributed by atoms with Crippen molar-refractivity contribution in [2.45, 2.75) is 0 Å². The van der Waals surface area contributed by atoms with Crippen LogP contribution in [0.3, 0.4) is 0 Å². The van der Waals surface area contributed by atoms with E-state index in [1.54, 1.807) is 0 Å². The Balaban J connectivity index is 1.27. The molecule has 0 unspecified atom stereocenters. The Morgan fingerprint density at radius 1 is 0.385 bits per heavy atom. The summed E-state index contributed by atoms with van der Waals surface area (Å²) in [6.07, 6.45) is 0. The lowest BCUT2D eigenvalue weighted by atomic mass is 10.0. The van der Waals surface area contributed by atoms with E-state index < -0.39 is 0 Å². The summed E-state index contributed by atoms with van der Waals surface area (Å²) in [5.74, 6) is 1.67. The van der Waals surface area contributed by atoms with E-state index in [1.165, 1.54) is 0 Å². The van der Waals surface area contributed by atoms with E-state index in [1.807, 2.05) is 53.2 Å². The standard InChI is InChI=1S/C45H29N7/c1-4-14-30(15-5-1)32-18-12-20-34(28-32)43-46-44(35-21-13-19-33(29-35)31-16-6-2-7-17-31)48-45(47-43)51-40-25-11-10-24-37(40)38-26-27-39-42(41(38)51)52(50-49-39)36-22-8-3-9-23-36/h1-29H.